The Kier molecular flexibility index (Phi) is 5.64. The molecule has 0 spiro atoms. The van der Waals surface area contributed by atoms with Crippen LogP contribution in [0.15, 0.2) is 78.2 Å². The number of hydrazone groups is 1. The largest absolute Gasteiger partial charge is 0.322 e. The average molecular weight is 362 g/mol. The van der Waals surface area contributed by atoms with Gasteiger partial charge in [0, 0.05) is 29.2 Å². The summed E-state index contributed by atoms with van der Waals surface area (Å²) in [6.07, 6.45) is 4.52. The first-order chi connectivity index (χ1) is 13.1. The van der Waals surface area contributed by atoms with Crippen LogP contribution in [0.5, 0.6) is 0 Å². The van der Waals surface area contributed by atoms with E-state index in [1.54, 1.807) is 36.4 Å². The highest BCUT2D eigenvalue weighted by Gasteiger charge is 2.06. The first-order valence-electron chi connectivity index (χ1n) is 8.02. The van der Waals surface area contributed by atoms with Gasteiger partial charge in [-0.15, -0.1) is 0 Å². The number of hydrogen-bond acceptors (Lipinski definition) is 4. The van der Waals surface area contributed by atoms with Gasteiger partial charge in [0.05, 0.1) is 6.21 Å². The Morgan fingerprint density at radius 1 is 0.852 bits per heavy atom. The summed E-state index contributed by atoms with van der Waals surface area (Å²) < 4.78 is 12.9. The molecular weight excluding hydrogens is 347 g/mol. The molecular formula is C20H15FN4O2. The van der Waals surface area contributed by atoms with Crippen LogP contribution in [0.3, 0.4) is 0 Å². The maximum Gasteiger partial charge on any atom is 0.271 e. The summed E-state index contributed by atoms with van der Waals surface area (Å²) in [5, 5.41) is 6.57. The maximum atomic E-state index is 12.9. The van der Waals surface area contributed by atoms with Crippen molar-refractivity contribution in [2.45, 2.75) is 0 Å². The number of carbonyl (C=O) groups is 2. The highest BCUT2D eigenvalue weighted by Crippen LogP contribution is 2.11. The van der Waals surface area contributed by atoms with Crippen molar-refractivity contribution in [2.24, 2.45) is 5.10 Å². The van der Waals surface area contributed by atoms with Crippen LogP contribution in [0, 0.1) is 5.82 Å². The smallest absolute Gasteiger partial charge is 0.271 e. The topological polar surface area (TPSA) is 83.5 Å². The van der Waals surface area contributed by atoms with Crippen LogP contribution in [0.2, 0.25) is 0 Å². The Morgan fingerprint density at radius 3 is 2.15 bits per heavy atom. The van der Waals surface area contributed by atoms with E-state index in [1.807, 2.05) is 0 Å². The molecule has 0 aliphatic rings. The molecule has 2 amide bonds. The molecule has 0 aliphatic carbocycles. The number of pyridine rings is 1. The minimum atomic E-state index is -0.368. The van der Waals surface area contributed by atoms with Gasteiger partial charge in [-0.1, -0.05) is 12.1 Å². The number of hydrogen-bond donors (Lipinski definition) is 2. The van der Waals surface area contributed by atoms with Crippen LogP contribution in [-0.2, 0) is 0 Å². The second-order valence-corrected chi connectivity index (χ2v) is 5.52. The van der Waals surface area contributed by atoms with E-state index in [4.69, 9.17) is 0 Å². The average Bonchev–Trinajstić information content (AvgIpc) is 2.71. The van der Waals surface area contributed by atoms with Gasteiger partial charge in [0.25, 0.3) is 11.8 Å². The summed E-state index contributed by atoms with van der Waals surface area (Å²) in [5.74, 6) is -1.02. The number of nitrogens with zero attached hydrogens (tertiary/aromatic N) is 2. The van der Waals surface area contributed by atoms with E-state index in [0.29, 0.717) is 22.4 Å². The van der Waals surface area contributed by atoms with Crippen LogP contribution in [0.1, 0.15) is 26.3 Å². The van der Waals surface area contributed by atoms with Crippen LogP contribution in [0.25, 0.3) is 0 Å². The molecule has 0 saturated heterocycles. The highest BCUT2D eigenvalue weighted by atomic mass is 19.1. The predicted octanol–water partition coefficient (Wildman–Crippen LogP) is 3.24. The lowest BCUT2D eigenvalue weighted by atomic mass is 10.1. The number of carbonyl (C=O) groups excluding carboxylic acids is 2. The van der Waals surface area contributed by atoms with E-state index in [-0.39, 0.29) is 17.6 Å². The van der Waals surface area contributed by atoms with Crippen molar-refractivity contribution in [3.8, 4) is 0 Å². The van der Waals surface area contributed by atoms with Crippen molar-refractivity contribution in [3.05, 3.63) is 95.6 Å². The number of anilines is 1. The van der Waals surface area contributed by atoms with Crippen LogP contribution < -0.4 is 10.7 Å². The van der Waals surface area contributed by atoms with Crippen LogP contribution in [0.4, 0.5) is 10.1 Å². The minimum absolute atomic E-state index is 0.309. The Bertz CT molecular complexity index is 956. The van der Waals surface area contributed by atoms with E-state index in [2.05, 4.69) is 20.8 Å². The van der Waals surface area contributed by atoms with Crippen LogP contribution >= 0.6 is 0 Å². The molecule has 0 fully saturated rings. The molecule has 1 aromatic heterocycles. The zero-order valence-electron chi connectivity index (χ0n) is 14.1. The third-order valence-electron chi connectivity index (χ3n) is 3.60. The summed E-state index contributed by atoms with van der Waals surface area (Å²) in [5.41, 5.74) is 4.53. The van der Waals surface area contributed by atoms with E-state index in [9.17, 15) is 14.0 Å². The molecule has 0 atom stereocenters. The molecule has 134 valence electrons. The number of halogens is 1. The second kappa shape index (κ2) is 8.48. The fourth-order valence-electron chi connectivity index (χ4n) is 2.19. The first kappa shape index (κ1) is 17.9. The first-order valence-corrected chi connectivity index (χ1v) is 8.02. The van der Waals surface area contributed by atoms with Gasteiger partial charge in [0.2, 0.25) is 0 Å². The monoisotopic (exact) mass is 362 g/mol. The highest BCUT2D eigenvalue weighted by molar-refractivity contribution is 6.04. The number of nitrogens with one attached hydrogen (secondary N) is 2. The number of aromatic nitrogens is 1. The van der Waals surface area contributed by atoms with Crippen molar-refractivity contribution < 1.29 is 14.0 Å². The normalized spacial score (nSPS) is 10.6. The molecule has 0 bridgehead atoms. The third-order valence-corrected chi connectivity index (χ3v) is 3.60. The quantitative estimate of drug-likeness (QED) is 0.540. The number of rotatable bonds is 5. The number of benzene rings is 2. The molecule has 0 aliphatic heterocycles. The molecule has 3 rings (SSSR count). The lowest BCUT2D eigenvalue weighted by Crippen LogP contribution is -2.17. The Labute approximate surface area is 154 Å². The summed E-state index contributed by atoms with van der Waals surface area (Å²) >= 11 is 0. The lowest BCUT2D eigenvalue weighted by Gasteiger charge is -2.05. The lowest BCUT2D eigenvalue weighted by molar-refractivity contribution is 0.0954. The second-order valence-electron chi connectivity index (χ2n) is 5.52. The van der Waals surface area contributed by atoms with Gasteiger partial charge in [-0.05, 0) is 54.1 Å². The Hall–Kier alpha value is -3.87. The van der Waals surface area contributed by atoms with Gasteiger partial charge in [0.1, 0.15) is 5.82 Å². The van der Waals surface area contributed by atoms with Gasteiger partial charge in [-0.25, -0.2) is 9.82 Å². The molecule has 6 nitrogen and oxygen atoms in total. The van der Waals surface area contributed by atoms with E-state index < -0.39 is 0 Å². The van der Waals surface area contributed by atoms with Gasteiger partial charge in [-0.2, -0.15) is 5.10 Å². The van der Waals surface area contributed by atoms with Gasteiger partial charge < -0.3 is 5.32 Å². The minimum Gasteiger partial charge on any atom is -0.322 e. The van der Waals surface area contributed by atoms with Gasteiger partial charge >= 0.3 is 0 Å². The zero-order valence-corrected chi connectivity index (χ0v) is 14.1. The molecule has 27 heavy (non-hydrogen) atoms. The van der Waals surface area contributed by atoms with Crippen LogP contribution in [-0.4, -0.2) is 23.0 Å². The SMILES string of the molecule is O=C(NN=Cc1ccc(C(=O)Nc2ccc(F)cc2)cc1)c1ccncc1. The summed E-state index contributed by atoms with van der Waals surface area (Å²) in [6.45, 7) is 0. The fraction of sp³-hybridized carbons (Fsp3) is 0. The molecule has 2 aromatic carbocycles. The van der Waals surface area contributed by atoms with Crippen molar-refractivity contribution in [1.82, 2.24) is 10.4 Å². The molecule has 3 aromatic rings. The van der Waals surface area contributed by atoms with Crippen molar-refractivity contribution >= 4 is 23.7 Å². The van der Waals surface area contributed by atoms with Crippen molar-refractivity contribution in [1.29, 1.82) is 0 Å². The maximum absolute atomic E-state index is 12.9. The van der Waals surface area contributed by atoms with Gasteiger partial charge in [-0.3, -0.25) is 14.6 Å². The van der Waals surface area contributed by atoms with Gasteiger partial charge in [0.15, 0.2) is 0 Å². The Morgan fingerprint density at radius 2 is 1.48 bits per heavy atom. The van der Waals surface area contributed by atoms with Crippen molar-refractivity contribution in [3.63, 3.8) is 0 Å². The standard InChI is InChI=1S/C20H15FN4O2/c21-17-5-7-18(8-6-17)24-19(26)15-3-1-14(2-4-15)13-23-25-20(27)16-9-11-22-12-10-16/h1-13H,(H,24,26)(H,25,27). The molecule has 7 heteroatoms. The van der Waals surface area contributed by atoms with Crippen molar-refractivity contribution in [2.75, 3.05) is 5.32 Å². The van der Waals surface area contributed by atoms with E-state index in [1.165, 1.54) is 42.9 Å². The molecule has 1 heterocycles. The summed E-state index contributed by atoms with van der Waals surface area (Å²) in [7, 11) is 0. The molecule has 0 saturated carbocycles. The summed E-state index contributed by atoms with van der Waals surface area (Å²) in [6, 6.07) is 15.3. The molecule has 0 unspecified atom stereocenters. The Balaban J connectivity index is 1.57. The summed E-state index contributed by atoms with van der Waals surface area (Å²) in [4.78, 5) is 27.9. The predicted molar refractivity (Wildman–Crippen MR) is 100 cm³/mol. The zero-order chi connectivity index (χ0) is 19.1. The van der Waals surface area contributed by atoms with E-state index >= 15 is 0 Å². The molecule has 0 radical (unpaired) electrons. The van der Waals surface area contributed by atoms with E-state index in [0.717, 1.165) is 0 Å². The third kappa shape index (κ3) is 5.05. The number of amides is 2. The fourth-order valence-corrected chi connectivity index (χ4v) is 2.19. The molecule has 2 N–H and O–H groups in total.